The highest BCUT2D eigenvalue weighted by atomic mass is 32.1. The molecular weight excluding hydrogens is 268 g/mol. The summed E-state index contributed by atoms with van der Waals surface area (Å²) >= 11 is 1.84. The van der Waals surface area contributed by atoms with Gasteiger partial charge in [0, 0.05) is 10.8 Å². The summed E-state index contributed by atoms with van der Waals surface area (Å²) in [5.74, 6) is 2.15. The van der Waals surface area contributed by atoms with E-state index in [-0.39, 0.29) is 0 Å². The van der Waals surface area contributed by atoms with Gasteiger partial charge in [-0.2, -0.15) is 0 Å². The molecule has 3 aromatic rings. The average Bonchev–Trinajstić information content (AvgIpc) is 2.97. The first-order valence-electron chi connectivity index (χ1n) is 7.29. The molecule has 0 aliphatic heterocycles. The molecule has 1 aliphatic carbocycles. The summed E-state index contributed by atoms with van der Waals surface area (Å²) in [6.07, 6.45) is 5.50. The molecular formula is C15H18N4S. The van der Waals surface area contributed by atoms with Crippen molar-refractivity contribution in [2.75, 3.05) is 0 Å². The summed E-state index contributed by atoms with van der Waals surface area (Å²) in [6, 6.07) is 0. The van der Waals surface area contributed by atoms with Crippen LogP contribution in [0, 0.1) is 5.92 Å². The van der Waals surface area contributed by atoms with Gasteiger partial charge in [0.2, 0.25) is 0 Å². The molecule has 1 atom stereocenters. The summed E-state index contributed by atoms with van der Waals surface area (Å²) in [7, 11) is 0. The van der Waals surface area contributed by atoms with Crippen molar-refractivity contribution in [1.29, 1.82) is 0 Å². The fraction of sp³-hybridized carbons (Fsp3) is 0.533. The second kappa shape index (κ2) is 4.25. The van der Waals surface area contributed by atoms with E-state index in [4.69, 9.17) is 0 Å². The highest BCUT2D eigenvalue weighted by molar-refractivity contribution is 7.19. The van der Waals surface area contributed by atoms with E-state index in [9.17, 15) is 0 Å². The van der Waals surface area contributed by atoms with Gasteiger partial charge < -0.3 is 0 Å². The highest BCUT2D eigenvalue weighted by Gasteiger charge is 2.24. The van der Waals surface area contributed by atoms with Gasteiger partial charge in [-0.15, -0.1) is 21.5 Å². The quantitative estimate of drug-likeness (QED) is 0.686. The third-order valence-electron chi connectivity index (χ3n) is 4.25. The van der Waals surface area contributed by atoms with Crippen molar-refractivity contribution >= 4 is 27.2 Å². The Hall–Kier alpha value is -1.49. The SMILES string of the molecule is CC(C)c1nnc2c3c4c(sc3ncn12)C[C@H](C)CC4. The second-order valence-corrected chi connectivity index (χ2v) is 7.27. The molecule has 0 amide bonds. The number of thiophene rings is 1. The molecule has 3 aromatic heterocycles. The summed E-state index contributed by atoms with van der Waals surface area (Å²) in [5.41, 5.74) is 2.47. The normalized spacial score (nSPS) is 19.1. The highest BCUT2D eigenvalue weighted by Crippen LogP contribution is 2.38. The smallest absolute Gasteiger partial charge is 0.172 e. The van der Waals surface area contributed by atoms with Gasteiger partial charge in [-0.1, -0.05) is 20.8 Å². The zero-order chi connectivity index (χ0) is 13.9. The van der Waals surface area contributed by atoms with E-state index in [2.05, 4.69) is 40.4 Å². The number of aromatic nitrogens is 4. The maximum Gasteiger partial charge on any atom is 0.172 e. The van der Waals surface area contributed by atoms with Crippen LogP contribution < -0.4 is 0 Å². The first kappa shape index (κ1) is 12.3. The lowest BCUT2D eigenvalue weighted by molar-refractivity contribution is 0.509. The number of rotatable bonds is 1. The summed E-state index contributed by atoms with van der Waals surface area (Å²) in [6.45, 7) is 6.63. The number of fused-ring (bicyclic) bond motifs is 5. The van der Waals surface area contributed by atoms with Crippen molar-refractivity contribution in [2.45, 2.75) is 46.0 Å². The van der Waals surface area contributed by atoms with Gasteiger partial charge >= 0.3 is 0 Å². The molecule has 0 aromatic carbocycles. The van der Waals surface area contributed by atoms with Gasteiger partial charge in [-0.25, -0.2) is 4.98 Å². The molecule has 4 nitrogen and oxygen atoms in total. The Morgan fingerprint density at radius 2 is 2.20 bits per heavy atom. The molecule has 0 saturated carbocycles. The zero-order valence-electron chi connectivity index (χ0n) is 12.1. The summed E-state index contributed by atoms with van der Waals surface area (Å²) in [4.78, 5) is 7.29. The van der Waals surface area contributed by atoms with E-state index in [0.717, 1.165) is 28.6 Å². The lowest BCUT2D eigenvalue weighted by Gasteiger charge is -2.17. The van der Waals surface area contributed by atoms with Crippen LogP contribution in [0.25, 0.3) is 15.9 Å². The minimum atomic E-state index is 0.360. The molecule has 4 rings (SSSR count). The third-order valence-corrected chi connectivity index (χ3v) is 5.41. The fourth-order valence-electron chi connectivity index (χ4n) is 3.15. The fourth-order valence-corrected chi connectivity index (χ4v) is 4.49. The lowest BCUT2D eigenvalue weighted by atomic mass is 9.89. The van der Waals surface area contributed by atoms with Crippen LogP contribution in [0.1, 0.15) is 49.4 Å². The van der Waals surface area contributed by atoms with Gasteiger partial charge in [0.1, 0.15) is 17.0 Å². The molecule has 104 valence electrons. The molecule has 0 saturated heterocycles. The number of nitrogens with zero attached hydrogens (tertiary/aromatic N) is 4. The van der Waals surface area contributed by atoms with Gasteiger partial charge in [-0.3, -0.25) is 4.40 Å². The topological polar surface area (TPSA) is 43.1 Å². The van der Waals surface area contributed by atoms with Crippen molar-refractivity contribution in [3.63, 3.8) is 0 Å². The van der Waals surface area contributed by atoms with E-state index < -0.39 is 0 Å². The molecule has 0 unspecified atom stereocenters. The minimum absolute atomic E-state index is 0.360. The van der Waals surface area contributed by atoms with Crippen molar-refractivity contribution < 1.29 is 0 Å². The van der Waals surface area contributed by atoms with Crippen molar-refractivity contribution in [1.82, 2.24) is 19.6 Å². The van der Waals surface area contributed by atoms with E-state index in [1.54, 1.807) is 0 Å². The molecule has 0 radical (unpaired) electrons. The first-order chi connectivity index (χ1) is 9.65. The standard InChI is InChI=1S/C15H18N4S/c1-8(2)13-17-18-14-12-10-5-4-9(3)6-11(10)20-15(12)16-7-19(13)14/h7-9H,4-6H2,1-3H3/t9-/m1/s1. The van der Waals surface area contributed by atoms with Crippen LogP contribution in [-0.4, -0.2) is 19.6 Å². The van der Waals surface area contributed by atoms with E-state index in [1.165, 1.54) is 28.7 Å². The van der Waals surface area contributed by atoms with Gasteiger partial charge in [0.05, 0.1) is 5.39 Å². The molecule has 3 heterocycles. The van der Waals surface area contributed by atoms with Gasteiger partial charge in [0.15, 0.2) is 5.65 Å². The van der Waals surface area contributed by atoms with Crippen molar-refractivity contribution in [2.24, 2.45) is 5.92 Å². The number of hydrogen-bond acceptors (Lipinski definition) is 4. The van der Waals surface area contributed by atoms with Crippen LogP contribution >= 0.6 is 11.3 Å². The zero-order valence-corrected chi connectivity index (χ0v) is 12.9. The van der Waals surface area contributed by atoms with Crippen LogP contribution in [0.3, 0.4) is 0 Å². The Morgan fingerprint density at radius 3 is 3.00 bits per heavy atom. The van der Waals surface area contributed by atoms with Crippen molar-refractivity contribution in [3.05, 3.63) is 22.6 Å². The van der Waals surface area contributed by atoms with Crippen LogP contribution in [0.15, 0.2) is 6.33 Å². The molecule has 5 heteroatoms. The Bertz CT molecular complexity index is 799. The van der Waals surface area contributed by atoms with Crippen molar-refractivity contribution in [3.8, 4) is 0 Å². The summed E-state index contributed by atoms with van der Waals surface area (Å²) < 4.78 is 2.07. The van der Waals surface area contributed by atoms with E-state index >= 15 is 0 Å². The predicted octanol–water partition coefficient (Wildman–Crippen LogP) is 3.59. The Morgan fingerprint density at radius 1 is 1.35 bits per heavy atom. The first-order valence-corrected chi connectivity index (χ1v) is 8.10. The van der Waals surface area contributed by atoms with E-state index in [1.807, 2.05) is 17.7 Å². The Kier molecular flexibility index (Phi) is 2.61. The van der Waals surface area contributed by atoms with E-state index in [0.29, 0.717) is 5.92 Å². The Balaban J connectivity index is 2.05. The molecule has 0 N–H and O–H groups in total. The largest absolute Gasteiger partial charge is 0.268 e. The molecule has 20 heavy (non-hydrogen) atoms. The van der Waals surface area contributed by atoms with Gasteiger partial charge in [-0.05, 0) is 30.7 Å². The van der Waals surface area contributed by atoms with Gasteiger partial charge in [0.25, 0.3) is 0 Å². The third kappa shape index (κ3) is 1.62. The summed E-state index contributed by atoms with van der Waals surface area (Å²) in [5, 5.41) is 10.1. The predicted molar refractivity (Wildman–Crippen MR) is 81.4 cm³/mol. The monoisotopic (exact) mass is 286 g/mol. The Labute approximate surface area is 121 Å². The second-order valence-electron chi connectivity index (χ2n) is 6.18. The molecule has 0 bridgehead atoms. The number of aryl methyl sites for hydroxylation is 1. The number of hydrogen-bond donors (Lipinski definition) is 0. The molecule has 0 fully saturated rings. The molecule has 0 spiro atoms. The lowest BCUT2D eigenvalue weighted by Crippen LogP contribution is -2.08. The minimum Gasteiger partial charge on any atom is -0.268 e. The van der Waals surface area contributed by atoms with Crippen LogP contribution in [0.4, 0.5) is 0 Å². The van der Waals surface area contributed by atoms with Crippen LogP contribution in [0.2, 0.25) is 0 Å². The van der Waals surface area contributed by atoms with Crippen LogP contribution in [-0.2, 0) is 12.8 Å². The van der Waals surface area contributed by atoms with Crippen LogP contribution in [0.5, 0.6) is 0 Å². The average molecular weight is 286 g/mol. The maximum absolute atomic E-state index is 4.66. The molecule has 1 aliphatic rings. The maximum atomic E-state index is 4.66.